The van der Waals surface area contributed by atoms with Crippen LogP contribution in [0.4, 0.5) is 4.79 Å². The van der Waals surface area contributed by atoms with Gasteiger partial charge in [-0.3, -0.25) is 0 Å². The molecule has 1 saturated heterocycles. The Morgan fingerprint density at radius 2 is 2.12 bits per heavy atom. The predicted molar refractivity (Wildman–Crippen MR) is 75.5 cm³/mol. The highest BCUT2D eigenvalue weighted by atomic mass is 127. The van der Waals surface area contributed by atoms with Crippen LogP contribution in [0.1, 0.15) is 34.1 Å². The molecule has 1 saturated carbocycles. The lowest BCUT2D eigenvalue weighted by Gasteiger charge is -2.56. The van der Waals surface area contributed by atoms with Gasteiger partial charge >= 0.3 is 6.09 Å². The smallest absolute Gasteiger partial charge is 0.408 e. The van der Waals surface area contributed by atoms with Gasteiger partial charge in [0.25, 0.3) is 0 Å². The molecule has 98 valence electrons. The van der Waals surface area contributed by atoms with Gasteiger partial charge in [0.05, 0.1) is 8.96 Å². The van der Waals surface area contributed by atoms with Crippen LogP contribution < -0.4 is 10.6 Å². The molecule has 1 aliphatic carbocycles. The van der Waals surface area contributed by atoms with E-state index in [9.17, 15) is 4.79 Å². The fourth-order valence-electron chi connectivity index (χ4n) is 2.91. The van der Waals surface area contributed by atoms with Crippen molar-refractivity contribution in [3.8, 4) is 0 Å². The number of nitrogens with one attached hydrogen (secondary N) is 2. The van der Waals surface area contributed by atoms with E-state index in [0.717, 1.165) is 19.5 Å². The summed E-state index contributed by atoms with van der Waals surface area (Å²) in [5.74, 6) is 0.632. The van der Waals surface area contributed by atoms with Crippen LogP contribution in [0, 0.1) is 5.92 Å². The molecule has 2 rings (SSSR count). The zero-order chi connectivity index (χ0) is 12.9. The molecule has 2 N–H and O–H groups in total. The average Bonchev–Trinajstić information content (AvgIpc) is 2.36. The number of halogens is 1. The van der Waals surface area contributed by atoms with Crippen LogP contribution in [-0.4, -0.2) is 33.7 Å². The largest absolute Gasteiger partial charge is 0.444 e. The van der Waals surface area contributed by atoms with E-state index in [1.165, 1.54) is 0 Å². The Balaban J connectivity index is 2.02. The lowest BCUT2D eigenvalue weighted by Crippen LogP contribution is -2.72. The number of hydrogen-bond acceptors (Lipinski definition) is 3. The van der Waals surface area contributed by atoms with E-state index in [0.29, 0.717) is 5.92 Å². The van der Waals surface area contributed by atoms with Gasteiger partial charge in [-0.2, -0.15) is 0 Å². The first-order valence-corrected chi connectivity index (χ1v) is 7.17. The summed E-state index contributed by atoms with van der Waals surface area (Å²) in [5.41, 5.74) is -0.550. The highest BCUT2D eigenvalue weighted by molar-refractivity contribution is 14.1. The maximum Gasteiger partial charge on any atom is 0.408 e. The van der Waals surface area contributed by atoms with Gasteiger partial charge in [0, 0.05) is 13.1 Å². The Morgan fingerprint density at radius 3 is 2.65 bits per heavy atom. The molecule has 0 radical (unpaired) electrons. The van der Waals surface area contributed by atoms with Crippen LogP contribution in [0.2, 0.25) is 0 Å². The first-order chi connectivity index (χ1) is 7.69. The van der Waals surface area contributed by atoms with E-state index in [1.54, 1.807) is 0 Å². The number of ether oxygens (including phenoxy) is 1. The Kier molecular flexibility index (Phi) is 3.14. The maximum absolute atomic E-state index is 11.9. The summed E-state index contributed by atoms with van der Waals surface area (Å²) in [6.07, 6.45) is 0.733. The van der Waals surface area contributed by atoms with Gasteiger partial charge in [-0.1, -0.05) is 29.5 Å². The summed E-state index contributed by atoms with van der Waals surface area (Å²) < 4.78 is 5.49. The zero-order valence-electron chi connectivity index (χ0n) is 10.9. The molecule has 0 spiro atoms. The molecule has 4 nitrogen and oxygen atoms in total. The number of carbonyl (C=O) groups is 1. The predicted octanol–water partition coefficient (Wildman–Crippen LogP) is 2.07. The minimum absolute atomic E-state index is 0.116. The normalized spacial score (nSPS) is 40.4. The second-order valence-corrected chi connectivity index (χ2v) is 8.21. The van der Waals surface area contributed by atoms with Crippen molar-refractivity contribution in [1.29, 1.82) is 0 Å². The summed E-state index contributed by atoms with van der Waals surface area (Å²) in [4.78, 5) is 11.9. The van der Waals surface area contributed by atoms with Gasteiger partial charge in [-0.25, -0.2) is 4.79 Å². The van der Waals surface area contributed by atoms with E-state index in [2.05, 4.69) is 40.1 Å². The van der Waals surface area contributed by atoms with Gasteiger partial charge in [-0.05, 0) is 33.1 Å². The molecule has 1 aliphatic heterocycles. The fourth-order valence-corrected chi connectivity index (χ4v) is 3.95. The van der Waals surface area contributed by atoms with Crippen LogP contribution in [0.5, 0.6) is 0 Å². The Labute approximate surface area is 116 Å². The fraction of sp³-hybridized carbons (Fsp3) is 0.917. The first-order valence-electron chi connectivity index (χ1n) is 6.09. The highest BCUT2D eigenvalue weighted by Crippen LogP contribution is 2.55. The van der Waals surface area contributed by atoms with Crippen LogP contribution in [0.15, 0.2) is 0 Å². The van der Waals surface area contributed by atoms with Crippen molar-refractivity contribution in [2.45, 2.75) is 48.7 Å². The monoisotopic (exact) mass is 352 g/mol. The molecular weight excluding hydrogens is 331 g/mol. The second-order valence-electron chi connectivity index (χ2n) is 6.28. The van der Waals surface area contributed by atoms with Crippen molar-refractivity contribution in [3.05, 3.63) is 0 Å². The summed E-state index contributed by atoms with van der Waals surface area (Å²) in [7, 11) is 0. The maximum atomic E-state index is 11.9. The van der Waals surface area contributed by atoms with Gasteiger partial charge in [-0.15, -0.1) is 0 Å². The minimum Gasteiger partial charge on any atom is -0.444 e. The van der Waals surface area contributed by atoms with Crippen molar-refractivity contribution < 1.29 is 9.53 Å². The Bertz CT molecular complexity index is 342. The summed E-state index contributed by atoms with van der Waals surface area (Å²) >= 11 is 2.50. The van der Waals surface area contributed by atoms with E-state index in [1.807, 2.05) is 20.8 Å². The molecule has 17 heavy (non-hydrogen) atoms. The molecule has 1 heterocycles. The molecule has 1 amide bonds. The first kappa shape index (κ1) is 13.4. The van der Waals surface area contributed by atoms with Crippen molar-refractivity contribution >= 4 is 28.7 Å². The van der Waals surface area contributed by atoms with Crippen LogP contribution in [0.3, 0.4) is 0 Å². The molecular formula is C12H21IN2O2. The molecule has 0 aromatic rings. The molecule has 0 aromatic heterocycles. The summed E-state index contributed by atoms with van der Waals surface area (Å²) in [5, 5.41) is 6.47. The standard InChI is InChI=1S/C12H21IN2O2/c1-8-5-11(6-14-7-12(8,11)13)15-9(16)17-10(2,3)4/h8,14H,5-7H2,1-4H3,(H,15,16)/t8-,11+,12+/m1/s1. The molecule has 2 aliphatic rings. The Hall–Kier alpha value is -0.0400. The number of alkyl halides is 1. The molecule has 5 heteroatoms. The van der Waals surface area contributed by atoms with Crippen molar-refractivity contribution in [1.82, 2.24) is 10.6 Å². The molecule has 3 atom stereocenters. The number of amides is 1. The van der Waals surface area contributed by atoms with Gasteiger partial charge < -0.3 is 15.4 Å². The molecule has 0 aromatic carbocycles. The Morgan fingerprint density at radius 1 is 1.47 bits per heavy atom. The zero-order valence-corrected chi connectivity index (χ0v) is 13.1. The third-order valence-corrected chi connectivity index (χ3v) is 6.26. The van der Waals surface area contributed by atoms with Gasteiger partial charge in [0.15, 0.2) is 0 Å². The molecule has 2 fully saturated rings. The number of carbonyl (C=O) groups excluding carboxylic acids is 1. The van der Waals surface area contributed by atoms with Gasteiger partial charge in [0.1, 0.15) is 5.60 Å². The SMILES string of the molecule is C[C@@H]1C[C@]2(NC(=O)OC(C)(C)C)CNC[C@]12I. The number of alkyl carbamates (subject to hydrolysis) is 1. The summed E-state index contributed by atoms with van der Waals surface area (Å²) in [6, 6.07) is 0. The quantitative estimate of drug-likeness (QED) is 0.561. The lowest BCUT2D eigenvalue weighted by molar-refractivity contribution is 0.0298. The second kappa shape index (κ2) is 3.98. The van der Waals surface area contributed by atoms with Crippen molar-refractivity contribution in [3.63, 3.8) is 0 Å². The van der Waals surface area contributed by atoms with Crippen molar-refractivity contribution in [2.75, 3.05) is 13.1 Å². The van der Waals surface area contributed by atoms with Crippen LogP contribution in [0.25, 0.3) is 0 Å². The highest BCUT2D eigenvalue weighted by Gasteiger charge is 2.66. The third-order valence-electron chi connectivity index (χ3n) is 3.78. The molecule has 0 unspecified atom stereocenters. The van der Waals surface area contributed by atoms with E-state index in [-0.39, 0.29) is 15.1 Å². The van der Waals surface area contributed by atoms with Crippen LogP contribution in [-0.2, 0) is 4.74 Å². The minimum atomic E-state index is -0.434. The van der Waals surface area contributed by atoms with Crippen molar-refractivity contribution in [2.24, 2.45) is 5.92 Å². The number of rotatable bonds is 1. The van der Waals surface area contributed by atoms with E-state index < -0.39 is 5.60 Å². The van der Waals surface area contributed by atoms with Gasteiger partial charge in [0.2, 0.25) is 0 Å². The number of hydrogen-bond donors (Lipinski definition) is 2. The topological polar surface area (TPSA) is 50.4 Å². The third kappa shape index (κ3) is 2.16. The van der Waals surface area contributed by atoms with E-state index >= 15 is 0 Å². The average molecular weight is 352 g/mol. The van der Waals surface area contributed by atoms with Crippen LogP contribution >= 0.6 is 22.6 Å². The lowest BCUT2D eigenvalue weighted by atomic mass is 9.61. The van der Waals surface area contributed by atoms with E-state index in [4.69, 9.17) is 4.74 Å². The number of fused-ring (bicyclic) bond motifs is 1. The summed E-state index contributed by atoms with van der Waals surface area (Å²) in [6.45, 7) is 9.71. The molecule has 0 bridgehead atoms.